The zero-order valence-corrected chi connectivity index (χ0v) is 14.0. The molecule has 0 aliphatic heterocycles. The maximum Gasteiger partial charge on any atom is 0.224 e. The van der Waals surface area contributed by atoms with Crippen LogP contribution < -0.4 is 10.0 Å². The van der Waals surface area contributed by atoms with Gasteiger partial charge in [-0.15, -0.1) is 0 Å². The van der Waals surface area contributed by atoms with Crippen molar-refractivity contribution >= 4 is 21.6 Å². The molecular weight excluding hydrogens is 307 g/mol. The lowest BCUT2D eigenvalue weighted by molar-refractivity contribution is -0.116. The third-order valence-electron chi connectivity index (χ3n) is 3.08. The molecule has 0 heterocycles. The quantitative estimate of drug-likeness (QED) is 0.755. The molecule has 0 saturated carbocycles. The zero-order valence-electron chi connectivity index (χ0n) is 13.1. The number of unbranched alkanes of at least 4 members (excludes halogenated alkanes) is 1. The molecule has 0 aromatic heterocycles. The van der Waals surface area contributed by atoms with E-state index in [0.717, 1.165) is 0 Å². The van der Waals surface area contributed by atoms with E-state index in [1.807, 2.05) is 0 Å². The third-order valence-corrected chi connectivity index (χ3v) is 5.27. The fraction of sp³-hybridized carbons (Fsp3) is 0.533. The van der Waals surface area contributed by atoms with Gasteiger partial charge in [0.1, 0.15) is 5.82 Å². The van der Waals surface area contributed by atoms with Crippen LogP contribution in [0.15, 0.2) is 24.3 Å². The highest BCUT2D eigenvalue weighted by molar-refractivity contribution is 7.90. The van der Waals surface area contributed by atoms with Gasteiger partial charge in [0.25, 0.3) is 0 Å². The number of halogens is 1. The standard InChI is InChI=1S/C15H23FN2O3S/c1-15(2,3)22(20,21)17-11-7-6-10-14(19)18-13-9-5-4-8-12(13)16/h4-5,8-9,17H,6-7,10-11H2,1-3H3,(H,18,19). The number of carbonyl (C=O) groups is 1. The van der Waals surface area contributed by atoms with Crippen LogP contribution in [0.2, 0.25) is 0 Å². The summed E-state index contributed by atoms with van der Waals surface area (Å²) < 4.78 is 38.6. The van der Waals surface area contributed by atoms with Gasteiger partial charge in [0.15, 0.2) is 0 Å². The summed E-state index contributed by atoms with van der Waals surface area (Å²) in [6.07, 6.45) is 1.28. The molecule has 0 radical (unpaired) electrons. The Labute approximate surface area is 131 Å². The third kappa shape index (κ3) is 5.73. The highest BCUT2D eigenvalue weighted by atomic mass is 32.2. The molecule has 1 aromatic carbocycles. The van der Waals surface area contributed by atoms with Gasteiger partial charge in [0, 0.05) is 13.0 Å². The molecule has 2 N–H and O–H groups in total. The molecule has 0 aliphatic rings. The molecule has 0 saturated heterocycles. The first kappa shape index (κ1) is 18.6. The van der Waals surface area contributed by atoms with Crippen molar-refractivity contribution in [2.75, 3.05) is 11.9 Å². The predicted molar refractivity (Wildman–Crippen MR) is 85.6 cm³/mol. The Kier molecular flexibility index (Phi) is 6.49. The number of hydrogen-bond acceptors (Lipinski definition) is 3. The minimum absolute atomic E-state index is 0.154. The minimum Gasteiger partial charge on any atom is -0.324 e. The van der Waals surface area contributed by atoms with E-state index < -0.39 is 20.6 Å². The number of rotatable bonds is 7. The molecule has 0 atom stereocenters. The fourth-order valence-electron chi connectivity index (χ4n) is 1.61. The monoisotopic (exact) mass is 330 g/mol. The first-order valence-electron chi connectivity index (χ1n) is 7.17. The van der Waals surface area contributed by atoms with Crippen molar-refractivity contribution in [1.82, 2.24) is 4.72 Å². The highest BCUT2D eigenvalue weighted by Crippen LogP contribution is 2.14. The molecule has 0 bridgehead atoms. The number of nitrogens with one attached hydrogen (secondary N) is 2. The van der Waals surface area contributed by atoms with Gasteiger partial charge in [-0.05, 0) is 45.7 Å². The molecule has 7 heteroatoms. The minimum atomic E-state index is -3.35. The average Bonchev–Trinajstić information content (AvgIpc) is 2.39. The van der Waals surface area contributed by atoms with Crippen LogP contribution >= 0.6 is 0 Å². The van der Waals surface area contributed by atoms with Crippen molar-refractivity contribution in [3.63, 3.8) is 0 Å². The van der Waals surface area contributed by atoms with Crippen LogP contribution in [0.4, 0.5) is 10.1 Å². The molecule has 0 fully saturated rings. The van der Waals surface area contributed by atoms with Crippen LogP contribution in [0.3, 0.4) is 0 Å². The molecule has 22 heavy (non-hydrogen) atoms. The Morgan fingerprint density at radius 1 is 1.18 bits per heavy atom. The number of benzene rings is 1. The van der Waals surface area contributed by atoms with Crippen LogP contribution in [-0.2, 0) is 14.8 Å². The van der Waals surface area contributed by atoms with Crippen molar-refractivity contribution in [3.05, 3.63) is 30.1 Å². The summed E-state index contributed by atoms with van der Waals surface area (Å²) in [7, 11) is -3.35. The van der Waals surface area contributed by atoms with Gasteiger partial charge in [0.2, 0.25) is 15.9 Å². The van der Waals surface area contributed by atoms with Crippen LogP contribution in [0, 0.1) is 5.82 Å². The van der Waals surface area contributed by atoms with Gasteiger partial charge in [-0.25, -0.2) is 17.5 Å². The fourth-order valence-corrected chi connectivity index (χ4v) is 2.45. The van der Waals surface area contributed by atoms with Gasteiger partial charge in [-0.1, -0.05) is 12.1 Å². The summed E-state index contributed by atoms with van der Waals surface area (Å²) in [6, 6.07) is 5.95. The lowest BCUT2D eigenvalue weighted by Gasteiger charge is -2.19. The van der Waals surface area contributed by atoms with Gasteiger partial charge < -0.3 is 5.32 Å². The smallest absolute Gasteiger partial charge is 0.224 e. The summed E-state index contributed by atoms with van der Waals surface area (Å²) in [5.41, 5.74) is 0.154. The van der Waals surface area contributed by atoms with Crippen LogP contribution in [0.5, 0.6) is 0 Å². The van der Waals surface area contributed by atoms with Crippen molar-refractivity contribution in [2.45, 2.75) is 44.8 Å². The van der Waals surface area contributed by atoms with E-state index in [4.69, 9.17) is 0 Å². The van der Waals surface area contributed by atoms with E-state index >= 15 is 0 Å². The Hall–Kier alpha value is -1.47. The lowest BCUT2D eigenvalue weighted by Crippen LogP contribution is -2.39. The number of hydrogen-bond donors (Lipinski definition) is 2. The van der Waals surface area contributed by atoms with Gasteiger partial charge in [-0.3, -0.25) is 4.79 Å². The molecule has 1 aromatic rings. The summed E-state index contributed by atoms with van der Waals surface area (Å²) in [6.45, 7) is 5.15. The second kappa shape index (κ2) is 7.69. The van der Waals surface area contributed by atoms with E-state index in [0.29, 0.717) is 12.8 Å². The van der Waals surface area contributed by atoms with E-state index in [-0.39, 0.29) is 24.6 Å². The predicted octanol–water partition coefficient (Wildman–Crippen LogP) is 2.65. The lowest BCUT2D eigenvalue weighted by atomic mass is 10.2. The number of amides is 1. The number of para-hydroxylation sites is 1. The molecule has 0 unspecified atom stereocenters. The molecule has 1 amide bonds. The average molecular weight is 330 g/mol. The number of carbonyl (C=O) groups excluding carboxylic acids is 1. The maximum absolute atomic E-state index is 13.3. The van der Waals surface area contributed by atoms with Gasteiger partial charge in [0.05, 0.1) is 10.4 Å². The Morgan fingerprint density at radius 3 is 2.41 bits per heavy atom. The zero-order chi connectivity index (χ0) is 16.8. The van der Waals surface area contributed by atoms with E-state index in [1.165, 1.54) is 12.1 Å². The molecular formula is C15H23FN2O3S. The van der Waals surface area contributed by atoms with Gasteiger partial charge in [-0.2, -0.15) is 0 Å². The first-order chi connectivity index (χ1) is 10.1. The summed E-state index contributed by atoms with van der Waals surface area (Å²) in [5.74, 6) is -0.766. The van der Waals surface area contributed by atoms with Crippen molar-refractivity contribution in [1.29, 1.82) is 0 Å². The van der Waals surface area contributed by atoms with E-state index in [2.05, 4.69) is 10.0 Å². The molecule has 124 valence electrons. The Morgan fingerprint density at radius 2 is 1.82 bits per heavy atom. The largest absolute Gasteiger partial charge is 0.324 e. The first-order valence-corrected chi connectivity index (χ1v) is 8.65. The molecule has 1 rings (SSSR count). The Bertz CT molecular complexity index is 609. The highest BCUT2D eigenvalue weighted by Gasteiger charge is 2.27. The van der Waals surface area contributed by atoms with Gasteiger partial charge >= 0.3 is 0 Å². The topological polar surface area (TPSA) is 75.3 Å². The second-order valence-electron chi connectivity index (χ2n) is 6.00. The molecule has 0 aliphatic carbocycles. The van der Waals surface area contributed by atoms with E-state index in [1.54, 1.807) is 32.9 Å². The van der Waals surface area contributed by atoms with E-state index in [9.17, 15) is 17.6 Å². The maximum atomic E-state index is 13.3. The Balaban J connectivity index is 2.28. The summed E-state index contributed by atoms with van der Waals surface area (Å²) in [5, 5.41) is 2.49. The normalized spacial score (nSPS) is 12.2. The summed E-state index contributed by atoms with van der Waals surface area (Å²) >= 11 is 0. The van der Waals surface area contributed by atoms with Crippen LogP contribution in [0.1, 0.15) is 40.0 Å². The SMILES string of the molecule is CC(C)(C)S(=O)(=O)NCCCCC(=O)Nc1ccccc1F. The van der Waals surface area contributed by atoms with Crippen molar-refractivity contribution < 1.29 is 17.6 Å². The van der Waals surface area contributed by atoms with Crippen molar-refractivity contribution in [2.24, 2.45) is 0 Å². The second-order valence-corrected chi connectivity index (χ2v) is 8.52. The molecule has 0 spiro atoms. The van der Waals surface area contributed by atoms with Crippen LogP contribution in [0.25, 0.3) is 0 Å². The molecule has 5 nitrogen and oxygen atoms in total. The summed E-state index contributed by atoms with van der Waals surface area (Å²) in [4.78, 5) is 11.7. The van der Waals surface area contributed by atoms with Crippen molar-refractivity contribution in [3.8, 4) is 0 Å². The van der Waals surface area contributed by atoms with Crippen LogP contribution in [-0.4, -0.2) is 25.6 Å². The number of anilines is 1. The number of sulfonamides is 1.